The maximum Gasteiger partial charge on any atom is 2.00 e. The summed E-state index contributed by atoms with van der Waals surface area (Å²) >= 11 is 7.40. The molecule has 0 saturated heterocycles. The molecule has 4 heterocycles. The predicted octanol–water partition coefficient (Wildman–Crippen LogP) is 3.45. The topological polar surface area (TPSA) is 155 Å². The van der Waals surface area contributed by atoms with Crippen LogP contribution in [0.25, 0.3) is 45.4 Å². The molecule has 0 spiro atoms. The Bertz CT molecular complexity index is 988. The monoisotopic (exact) mass is 506 g/mol. The summed E-state index contributed by atoms with van der Waals surface area (Å²) in [4.78, 5) is 26.5. The van der Waals surface area contributed by atoms with Crippen LogP contribution in [-0.4, -0.2) is 40.2 Å². The number of pyridine rings is 3. The van der Waals surface area contributed by atoms with Gasteiger partial charge in [-0.3, -0.25) is 15.0 Å². The van der Waals surface area contributed by atoms with Gasteiger partial charge >= 0.3 is 16.8 Å². The van der Waals surface area contributed by atoms with Crippen LogP contribution in [0.15, 0.2) is 73.2 Å². The third kappa shape index (κ3) is 8.72. The first-order chi connectivity index (χ1) is 14.7. The molecule has 0 aliphatic rings. The number of rotatable bonds is 3. The van der Waals surface area contributed by atoms with Gasteiger partial charge in [0.2, 0.25) is 0 Å². The Morgan fingerprint density at radius 1 is 0.562 bits per heavy atom. The molecule has 1 radical (unpaired) electrons. The second kappa shape index (κ2) is 16.2. The predicted molar refractivity (Wildman–Crippen MR) is 126 cm³/mol. The van der Waals surface area contributed by atoms with Crippen molar-refractivity contribution in [3.63, 3.8) is 0 Å². The van der Waals surface area contributed by atoms with Gasteiger partial charge in [0.1, 0.15) is 17.1 Å². The molecule has 0 amide bonds. The molecule has 0 bridgehead atoms. The molecule has 0 fully saturated rings. The average Bonchev–Trinajstić information content (AvgIpc) is 2.82. The summed E-state index contributed by atoms with van der Waals surface area (Å²) in [5, 5.41) is 16.9. The molecular formula is C20H15CoN8OS2+. The molecule has 32 heavy (non-hydrogen) atoms. The van der Waals surface area contributed by atoms with Gasteiger partial charge in [0.15, 0.2) is 17.5 Å². The Balaban J connectivity index is 0.00000109. The van der Waals surface area contributed by atoms with Crippen LogP contribution in [0.4, 0.5) is 0 Å². The molecule has 0 aromatic carbocycles. The molecule has 9 nitrogen and oxygen atoms in total. The van der Waals surface area contributed by atoms with Crippen LogP contribution in [0.5, 0.6) is 0 Å². The van der Waals surface area contributed by atoms with E-state index in [1.54, 1.807) is 18.6 Å². The summed E-state index contributed by atoms with van der Waals surface area (Å²) in [5.74, 6) is 1.48. The fraction of sp³-hybridized carbons (Fsp3) is 0. The molecule has 0 unspecified atom stereocenters. The summed E-state index contributed by atoms with van der Waals surface area (Å²) in [6.07, 6.45) is 5.13. The minimum absolute atomic E-state index is 0. The number of aromatic nitrogens is 6. The van der Waals surface area contributed by atoms with Crippen molar-refractivity contribution in [1.82, 2.24) is 29.9 Å². The summed E-state index contributed by atoms with van der Waals surface area (Å²) in [6, 6.07) is 16.8. The molecule has 0 aliphatic heterocycles. The SMILES string of the molecule is [Co+2].[N-]=C=S.[N-]=C=S.[OH3+].c1ccc(-c2nc(-c3ccccn3)nc(-c3ccccn3)n2)nc1. The minimum Gasteiger partial charge on any atom is -0.753 e. The van der Waals surface area contributed by atoms with E-state index in [2.05, 4.69) is 54.3 Å². The van der Waals surface area contributed by atoms with E-state index in [4.69, 9.17) is 10.8 Å². The molecule has 4 aromatic rings. The third-order valence-corrected chi connectivity index (χ3v) is 3.32. The molecule has 0 saturated carbocycles. The summed E-state index contributed by atoms with van der Waals surface area (Å²) in [6.45, 7) is 0. The number of nitrogens with zero attached hydrogens (tertiary/aromatic N) is 8. The normalized spacial score (nSPS) is 8.38. The number of hydrogen-bond acceptors (Lipinski definition) is 8. The van der Waals surface area contributed by atoms with Gasteiger partial charge in [-0.25, -0.2) is 15.0 Å². The summed E-state index contributed by atoms with van der Waals surface area (Å²) in [5.41, 5.74) is 2.03. The maximum atomic E-state index is 7.13. The third-order valence-electron chi connectivity index (χ3n) is 3.32. The second-order valence-corrected chi connectivity index (χ2v) is 5.50. The largest absolute Gasteiger partial charge is 2.00 e. The van der Waals surface area contributed by atoms with Gasteiger partial charge in [-0.2, -0.15) is 10.3 Å². The van der Waals surface area contributed by atoms with Gasteiger partial charge in [-0.1, -0.05) is 42.6 Å². The molecule has 3 N–H and O–H groups in total. The van der Waals surface area contributed by atoms with E-state index in [1.807, 2.05) is 54.6 Å². The average molecular weight is 506 g/mol. The van der Waals surface area contributed by atoms with Gasteiger partial charge in [0, 0.05) is 18.6 Å². The zero-order valence-corrected chi connectivity index (χ0v) is 18.9. The zero-order chi connectivity index (χ0) is 21.6. The van der Waals surface area contributed by atoms with Crippen LogP contribution >= 0.6 is 24.4 Å². The van der Waals surface area contributed by atoms with Crippen LogP contribution in [-0.2, 0) is 22.3 Å². The fourth-order valence-electron chi connectivity index (χ4n) is 2.20. The van der Waals surface area contributed by atoms with Crippen LogP contribution in [0.3, 0.4) is 0 Å². The minimum atomic E-state index is 0. The van der Waals surface area contributed by atoms with E-state index in [1.165, 1.54) is 10.3 Å². The Morgan fingerprint density at radius 3 is 1.00 bits per heavy atom. The van der Waals surface area contributed by atoms with Crippen molar-refractivity contribution < 1.29 is 22.3 Å². The van der Waals surface area contributed by atoms with Crippen molar-refractivity contribution in [3.05, 3.63) is 84.0 Å². The van der Waals surface area contributed by atoms with Crippen molar-refractivity contribution in [3.8, 4) is 34.6 Å². The molecule has 161 valence electrons. The van der Waals surface area contributed by atoms with Crippen molar-refractivity contribution in [2.45, 2.75) is 0 Å². The smallest absolute Gasteiger partial charge is 0.753 e. The molecule has 4 aromatic heterocycles. The summed E-state index contributed by atoms with van der Waals surface area (Å²) in [7, 11) is 0. The van der Waals surface area contributed by atoms with E-state index < -0.39 is 0 Å². The fourth-order valence-corrected chi connectivity index (χ4v) is 2.20. The van der Waals surface area contributed by atoms with E-state index in [9.17, 15) is 0 Å². The zero-order valence-electron chi connectivity index (χ0n) is 16.2. The first kappa shape index (κ1) is 28.5. The van der Waals surface area contributed by atoms with E-state index in [-0.39, 0.29) is 22.3 Å². The van der Waals surface area contributed by atoms with Crippen LogP contribution < -0.4 is 0 Å². The number of hydrogen-bond donors (Lipinski definition) is 0. The Morgan fingerprint density at radius 2 is 0.812 bits per heavy atom. The van der Waals surface area contributed by atoms with Crippen LogP contribution in [0.1, 0.15) is 0 Å². The van der Waals surface area contributed by atoms with E-state index >= 15 is 0 Å². The van der Waals surface area contributed by atoms with E-state index in [0.717, 1.165) is 0 Å². The Hall–Kier alpha value is -3.47. The summed E-state index contributed by atoms with van der Waals surface area (Å²) < 4.78 is 0. The van der Waals surface area contributed by atoms with Gasteiger partial charge < -0.3 is 16.3 Å². The molecule has 0 atom stereocenters. The molecule has 12 heteroatoms. The quantitative estimate of drug-likeness (QED) is 0.232. The van der Waals surface area contributed by atoms with Gasteiger partial charge in [0.25, 0.3) is 0 Å². The second-order valence-electron chi connectivity index (χ2n) is 5.13. The first-order valence-electron chi connectivity index (χ1n) is 8.26. The number of thiocarbonyl (C=S) groups is 2. The van der Waals surface area contributed by atoms with Crippen molar-refractivity contribution >= 4 is 34.8 Å². The molecule has 0 aliphatic carbocycles. The van der Waals surface area contributed by atoms with Crippen LogP contribution in [0, 0.1) is 0 Å². The van der Waals surface area contributed by atoms with Gasteiger partial charge in [-0.05, 0) is 36.4 Å². The molecule has 4 rings (SSSR count). The number of isothiocyanates is 2. The first-order valence-corrected chi connectivity index (χ1v) is 9.08. The van der Waals surface area contributed by atoms with Crippen molar-refractivity contribution in [2.24, 2.45) is 0 Å². The van der Waals surface area contributed by atoms with Crippen LogP contribution in [0.2, 0.25) is 0 Å². The van der Waals surface area contributed by atoms with Crippen molar-refractivity contribution in [1.29, 1.82) is 0 Å². The standard InChI is InChI=1S/C18H12N6.2CNS.Co.H2O/c1-4-10-19-13(7-1)16-22-17(14-8-2-5-11-20-14)24-18(23-16)15-9-3-6-12-21-15;2*2-1-3;;/h1-12H;;;;1H2/q;2*-1;+2;/p+1. The van der Waals surface area contributed by atoms with E-state index in [0.29, 0.717) is 34.6 Å². The maximum absolute atomic E-state index is 7.13. The van der Waals surface area contributed by atoms with Gasteiger partial charge in [0.05, 0.1) is 0 Å². The molecular weight excluding hydrogens is 491 g/mol. The van der Waals surface area contributed by atoms with Crippen molar-refractivity contribution in [2.75, 3.05) is 0 Å². The Labute approximate surface area is 205 Å². The Kier molecular flexibility index (Phi) is 14.5. The van der Waals surface area contributed by atoms with Gasteiger partial charge in [-0.15, -0.1) is 0 Å².